The predicted octanol–water partition coefficient (Wildman–Crippen LogP) is 7.59. The zero-order chi connectivity index (χ0) is 44.8. The summed E-state index contributed by atoms with van der Waals surface area (Å²) in [6.07, 6.45) is 10.7. The minimum absolute atomic E-state index is 0.0785. The van der Waals surface area contributed by atoms with Crippen LogP contribution in [-0.4, -0.2) is 98.9 Å². The van der Waals surface area contributed by atoms with Crippen LogP contribution in [0, 0.1) is 5.92 Å². The summed E-state index contributed by atoms with van der Waals surface area (Å²) in [5.41, 5.74) is 5.80. The molecule has 15 nitrogen and oxygen atoms in total. The summed E-state index contributed by atoms with van der Waals surface area (Å²) in [4.78, 5) is 83.7. The summed E-state index contributed by atoms with van der Waals surface area (Å²) in [5, 5.41) is 7.37. The lowest BCUT2D eigenvalue weighted by Gasteiger charge is -2.30. The third-order valence-corrected chi connectivity index (χ3v) is 11.5. The maximum atomic E-state index is 13.9. The van der Waals surface area contributed by atoms with E-state index < -0.39 is 36.2 Å². The molecule has 326 valence electrons. The van der Waals surface area contributed by atoms with Crippen LogP contribution in [0.15, 0.2) is 110 Å². The quantitative estimate of drug-likeness (QED) is 0.0865. The van der Waals surface area contributed by atoms with Crippen LogP contribution >= 0.6 is 0 Å². The molecule has 4 N–H and O–H groups in total. The second-order valence-electron chi connectivity index (χ2n) is 16.0. The number of fused-ring (bicyclic) bond motifs is 1. The fraction of sp³-hybridized carbons (Fsp3) is 0.312. The molecule has 7 rings (SSSR count). The predicted molar refractivity (Wildman–Crippen MR) is 239 cm³/mol. The van der Waals surface area contributed by atoms with Crippen molar-refractivity contribution in [1.82, 2.24) is 40.4 Å². The Morgan fingerprint density at radius 1 is 0.778 bits per heavy atom. The minimum Gasteiger partial charge on any atom is -0.453 e. The smallest absolute Gasteiger partial charge is 0.407 e. The van der Waals surface area contributed by atoms with Crippen molar-refractivity contribution >= 4 is 40.6 Å². The Hall–Kier alpha value is -7.29. The van der Waals surface area contributed by atoms with Crippen molar-refractivity contribution in [3.63, 3.8) is 0 Å². The standard InChI is InChI=1S/C48H52N8O7/c1-7-8-9-11-29(4)42(54-48(61)63-6)46(59)56-27-36(57)24-40(56)44-50-25-37(51-44)31-15-13-30(14-16-31)32-17-18-34-23-35(20-19-33(34)22-32)38-26-49-43(52-38)39-12-10-21-55(39)45(58)41(28(2)3)53-47(60)62-5/h7-9,11,13-20,22-23,25-26,28,39-42H,4,10,12,21,24,27H2,1-3,5-6H3,(H,49,52)(H,50,51)(H,53,60)(H,54,61). The monoisotopic (exact) mass is 852 g/mol. The van der Waals surface area contributed by atoms with Crippen LogP contribution in [0.1, 0.15) is 63.8 Å². The number of rotatable bonds is 13. The Morgan fingerprint density at radius 3 is 2.02 bits per heavy atom. The van der Waals surface area contributed by atoms with Gasteiger partial charge in [-0.05, 0) is 70.9 Å². The van der Waals surface area contributed by atoms with Gasteiger partial charge < -0.3 is 39.9 Å². The first-order chi connectivity index (χ1) is 30.4. The highest BCUT2D eigenvalue weighted by molar-refractivity contribution is 5.95. The number of alkyl carbamates (subject to hydrolysis) is 2. The second-order valence-corrected chi connectivity index (χ2v) is 16.0. The first-order valence-corrected chi connectivity index (χ1v) is 20.9. The number of H-pyrrole nitrogens is 2. The van der Waals surface area contributed by atoms with Gasteiger partial charge in [-0.1, -0.05) is 93.3 Å². The van der Waals surface area contributed by atoms with Gasteiger partial charge in [-0.25, -0.2) is 19.6 Å². The van der Waals surface area contributed by atoms with Crippen molar-refractivity contribution in [2.75, 3.05) is 27.3 Å². The summed E-state index contributed by atoms with van der Waals surface area (Å²) in [6, 6.07) is 17.9. The largest absolute Gasteiger partial charge is 0.453 e. The average molecular weight is 853 g/mol. The van der Waals surface area contributed by atoms with Crippen molar-refractivity contribution in [3.05, 3.63) is 121 Å². The van der Waals surface area contributed by atoms with Crippen molar-refractivity contribution in [3.8, 4) is 33.6 Å². The number of aromatic amines is 2. The van der Waals surface area contributed by atoms with Crippen molar-refractivity contribution < 1.29 is 33.4 Å². The number of Topliss-reactive ketones (excluding diaryl/α,β-unsaturated/α-hetero) is 1. The topological polar surface area (TPSA) is 192 Å². The SMILES string of the molecule is C=C(C=CC=CC)C(NC(=O)OC)C(=O)N1CC(=O)CC1c1ncc(-c2ccc(-c3ccc4cc(-c5cnc(C6CCCN6C(=O)C(NC(=O)OC)C(C)C)[nH]5)ccc4c3)cc2)[nH]1. The number of methoxy groups -OCH3 is 2. The van der Waals surface area contributed by atoms with Crippen LogP contribution in [0.25, 0.3) is 44.4 Å². The Morgan fingerprint density at radius 2 is 1.37 bits per heavy atom. The van der Waals surface area contributed by atoms with E-state index in [4.69, 9.17) is 14.5 Å². The minimum atomic E-state index is -1.15. The number of ether oxygens (including phenoxy) is 2. The Balaban J connectivity index is 1.04. The number of amides is 4. The molecule has 4 unspecified atom stereocenters. The number of hydrogen-bond donors (Lipinski definition) is 4. The number of carbonyl (C=O) groups excluding carboxylic acids is 5. The van der Waals surface area contributed by atoms with Gasteiger partial charge in [0.2, 0.25) is 5.91 Å². The number of imidazole rings is 2. The molecule has 4 heterocycles. The van der Waals surface area contributed by atoms with Crippen molar-refractivity contribution in [2.45, 2.75) is 64.2 Å². The number of nitrogens with zero attached hydrogens (tertiary/aromatic N) is 4. The van der Waals surface area contributed by atoms with E-state index in [2.05, 4.69) is 68.6 Å². The molecule has 0 saturated carbocycles. The van der Waals surface area contributed by atoms with E-state index >= 15 is 0 Å². The van der Waals surface area contributed by atoms with E-state index in [1.165, 1.54) is 19.1 Å². The van der Waals surface area contributed by atoms with Gasteiger partial charge in [0, 0.05) is 18.5 Å². The molecule has 2 aliphatic rings. The van der Waals surface area contributed by atoms with Crippen LogP contribution in [0.2, 0.25) is 0 Å². The fourth-order valence-corrected chi connectivity index (χ4v) is 8.14. The summed E-state index contributed by atoms with van der Waals surface area (Å²) >= 11 is 0. The van der Waals surface area contributed by atoms with E-state index in [9.17, 15) is 24.0 Å². The third-order valence-electron chi connectivity index (χ3n) is 11.5. The van der Waals surface area contributed by atoms with E-state index in [0.29, 0.717) is 23.8 Å². The lowest BCUT2D eigenvalue weighted by atomic mass is 9.98. The molecule has 4 amide bonds. The lowest BCUT2D eigenvalue weighted by molar-refractivity contribution is -0.135. The number of nitrogens with one attached hydrogen (secondary N) is 4. The second kappa shape index (κ2) is 19.2. The molecule has 3 aromatic carbocycles. The lowest BCUT2D eigenvalue weighted by Crippen LogP contribution is -2.51. The van der Waals surface area contributed by atoms with Crippen LogP contribution in [0.4, 0.5) is 9.59 Å². The maximum absolute atomic E-state index is 13.9. The molecular weight excluding hydrogens is 801 g/mol. The molecule has 2 saturated heterocycles. The van der Waals surface area contributed by atoms with Gasteiger partial charge in [-0.3, -0.25) is 14.4 Å². The van der Waals surface area contributed by atoms with E-state index in [-0.39, 0.29) is 36.6 Å². The number of carbonyl (C=O) groups is 5. The Bertz CT molecular complexity index is 2590. The Kier molecular flexibility index (Phi) is 13.3. The molecule has 63 heavy (non-hydrogen) atoms. The molecule has 0 spiro atoms. The number of aromatic nitrogens is 4. The molecule has 2 fully saturated rings. The number of benzene rings is 3. The highest BCUT2D eigenvalue weighted by Crippen LogP contribution is 2.35. The van der Waals surface area contributed by atoms with Crippen LogP contribution in [-0.2, 0) is 23.9 Å². The van der Waals surface area contributed by atoms with E-state index in [1.807, 2.05) is 51.1 Å². The Labute approximate surface area is 365 Å². The molecule has 5 aromatic rings. The van der Waals surface area contributed by atoms with Gasteiger partial charge in [0.15, 0.2) is 5.78 Å². The van der Waals surface area contributed by atoms with Crippen LogP contribution < -0.4 is 10.6 Å². The van der Waals surface area contributed by atoms with Gasteiger partial charge >= 0.3 is 12.2 Å². The molecule has 2 aromatic heterocycles. The first kappa shape index (κ1) is 43.8. The number of ketones is 1. The summed E-state index contributed by atoms with van der Waals surface area (Å²) < 4.78 is 9.53. The molecule has 2 aliphatic heterocycles. The van der Waals surface area contributed by atoms with Gasteiger partial charge in [-0.15, -0.1) is 0 Å². The van der Waals surface area contributed by atoms with Gasteiger partial charge in [-0.2, -0.15) is 0 Å². The van der Waals surface area contributed by atoms with Crippen LogP contribution in [0.5, 0.6) is 0 Å². The molecule has 0 radical (unpaired) electrons. The maximum Gasteiger partial charge on any atom is 0.407 e. The van der Waals surface area contributed by atoms with Crippen molar-refractivity contribution in [2.24, 2.45) is 5.92 Å². The molecule has 0 aliphatic carbocycles. The summed E-state index contributed by atoms with van der Waals surface area (Å²) in [7, 11) is 2.49. The number of likely N-dealkylation sites (tertiary alicyclic amines) is 2. The zero-order valence-electron chi connectivity index (χ0n) is 36.0. The highest BCUT2D eigenvalue weighted by Gasteiger charge is 2.41. The first-order valence-electron chi connectivity index (χ1n) is 20.9. The molecule has 15 heteroatoms. The van der Waals surface area contributed by atoms with E-state index in [1.54, 1.807) is 35.5 Å². The molecular formula is C48H52N8O7. The highest BCUT2D eigenvalue weighted by atomic mass is 16.5. The zero-order valence-corrected chi connectivity index (χ0v) is 36.0. The number of allylic oxidation sites excluding steroid dienone is 3. The average Bonchev–Trinajstić information content (AvgIpc) is 4.14. The van der Waals surface area contributed by atoms with E-state index in [0.717, 1.165) is 57.3 Å². The fourth-order valence-electron chi connectivity index (χ4n) is 8.14. The number of hydrogen-bond acceptors (Lipinski definition) is 9. The molecule has 4 atom stereocenters. The molecule has 0 bridgehead atoms. The summed E-state index contributed by atoms with van der Waals surface area (Å²) in [6.45, 7) is 10.1. The van der Waals surface area contributed by atoms with Crippen molar-refractivity contribution in [1.29, 1.82) is 0 Å². The normalized spacial score (nSPS) is 17.5. The van der Waals surface area contributed by atoms with Gasteiger partial charge in [0.05, 0.1) is 56.6 Å². The van der Waals surface area contributed by atoms with Crippen LogP contribution in [0.3, 0.4) is 0 Å². The van der Waals surface area contributed by atoms with Gasteiger partial charge in [0.1, 0.15) is 23.7 Å². The third kappa shape index (κ3) is 9.62. The summed E-state index contributed by atoms with van der Waals surface area (Å²) in [5.74, 6) is 0.275. The van der Waals surface area contributed by atoms with Gasteiger partial charge in [0.25, 0.3) is 5.91 Å².